The molecule has 2 aromatic carbocycles. The van der Waals surface area contributed by atoms with Gasteiger partial charge in [0.2, 0.25) is 0 Å². The van der Waals surface area contributed by atoms with Gasteiger partial charge in [0.1, 0.15) is 11.4 Å². The Morgan fingerprint density at radius 1 is 0.625 bits per heavy atom. The van der Waals surface area contributed by atoms with Crippen molar-refractivity contribution in [1.82, 2.24) is 9.97 Å². The first kappa shape index (κ1) is 27.5. The van der Waals surface area contributed by atoms with E-state index in [1.807, 2.05) is 66.7 Å². The summed E-state index contributed by atoms with van der Waals surface area (Å²) in [6.45, 7) is 0. The van der Waals surface area contributed by atoms with E-state index in [0.717, 1.165) is 69.5 Å². The first-order valence-electron chi connectivity index (χ1n) is 13.1. The van der Waals surface area contributed by atoms with Crippen molar-refractivity contribution in [1.29, 1.82) is 0 Å². The van der Waals surface area contributed by atoms with Gasteiger partial charge in [-0.1, -0.05) is 51.5 Å². The summed E-state index contributed by atoms with van der Waals surface area (Å²) < 4.78 is 1.01. The molecule has 2 aromatic heterocycles. The Labute approximate surface area is 247 Å². The number of benzene rings is 2. The second-order valence-corrected chi connectivity index (χ2v) is 10.8. The molecule has 2 aliphatic carbocycles. The van der Waals surface area contributed by atoms with E-state index in [1.54, 1.807) is 6.07 Å². The lowest BCUT2D eigenvalue weighted by Gasteiger charge is -2.12. The highest BCUT2D eigenvalue weighted by molar-refractivity contribution is 9.10. The number of hydrogen-bond acceptors (Lipinski definition) is 4. The fourth-order valence-corrected chi connectivity index (χ4v) is 5.13. The highest BCUT2D eigenvalue weighted by Crippen LogP contribution is 2.21. The lowest BCUT2D eigenvalue weighted by Crippen LogP contribution is -2.12. The summed E-state index contributed by atoms with van der Waals surface area (Å²) in [6, 6.07) is 22.6. The number of ketones is 2. The van der Waals surface area contributed by atoms with Gasteiger partial charge in [-0.15, -0.1) is 0 Å². The average Bonchev–Trinajstić information content (AvgIpc) is 2.96. The van der Waals surface area contributed by atoms with Gasteiger partial charge in [-0.25, -0.2) is 9.97 Å². The zero-order valence-corrected chi connectivity index (χ0v) is 24.0. The van der Waals surface area contributed by atoms with Gasteiger partial charge in [0, 0.05) is 44.6 Å². The molecule has 0 saturated heterocycles. The SMILES string of the molecule is O=C1CCCc2nc(C#Cc3cccc(Br)c3)ccc21.O=C1CCCc2nc(C#Cc3cccc(Cl)c3)ccc21. The molecule has 6 heteroatoms. The Balaban J connectivity index is 0.000000161. The van der Waals surface area contributed by atoms with Crippen molar-refractivity contribution < 1.29 is 9.59 Å². The fourth-order valence-electron chi connectivity index (χ4n) is 4.54. The molecule has 0 saturated carbocycles. The number of fused-ring (bicyclic) bond motifs is 2. The molecule has 0 amide bonds. The van der Waals surface area contributed by atoms with Crippen LogP contribution in [-0.4, -0.2) is 21.5 Å². The van der Waals surface area contributed by atoms with Crippen LogP contribution in [-0.2, 0) is 12.8 Å². The van der Waals surface area contributed by atoms with Gasteiger partial charge in [0.05, 0.1) is 11.4 Å². The molecule has 0 spiro atoms. The standard InChI is InChI=1S/C17H12BrNO.C17H12ClNO/c2*18-13-4-1-3-12(11-13)7-8-14-9-10-15-16(19-14)5-2-6-17(15)20/h2*1,3-4,9-11H,2,5-6H2. The summed E-state index contributed by atoms with van der Waals surface area (Å²) in [4.78, 5) is 32.4. The van der Waals surface area contributed by atoms with Crippen LogP contribution >= 0.6 is 27.5 Å². The number of hydrogen-bond donors (Lipinski definition) is 0. The minimum Gasteiger partial charge on any atom is -0.294 e. The number of rotatable bonds is 0. The van der Waals surface area contributed by atoms with Gasteiger partial charge in [-0.05, 0) is 98.2 Å². The first-order chi connectivity index (χ1) is 19.4. The molecular weight excluding hydrogens is 584 g/mol. The van der Waals surface area contributed by atoms with Gasteiger partial charge < -0.3 is 0 Å². The van der Waals surface area contributed by atoms with Gasteiger partial charge in [-0.2, -0.15) is 0 Å². The van der Waals surface area contributed by atoms with Crippen LogP contribution in [0.5, 0.6) is 0 Å². The lowest BCUT2D eigenvalue weighted by atomic mass is 9.94. The molecule has 4 nitrogen and oxygen atoms in total. The largest absolute Gasteiger partial charge is 0.294 e. The van der Waals surface area contributed by atoms with Crippen LogP contribution in [0.25, 0.3) is 0 Å². The lowest BCUT2D eigenvalue weighted by molar-refractivity contribution is 0.0963. The molecule has 40 heavy (non-hydrogen) atoms. The Hall–Kier alpha value is -4.03. The maximum absolute atomic E-state index is 11.7. The van der Waals surface area contributed by atoms with Crippen LogP contribution < -0.4 is 0 Å². The normalized spacial score (nSPS) is 13.3. The number of aromatic nitrogens is 2. The molecule has 0 aliphatic heterocycles. The summed E-state index contributed by atoms with van der Waals surface area (Å²) in [5.74, 6) is 12.6. The third-order valence-electron chi connectivity index (χ3n) is 6.50. The van der Waals surface area contributed by atoms with Crippen LogP contribution in [0.2, 0.25) is 5.02 Å². The number of halogens is 2. The number of pyridine rings is 2. The first-order valence-corrected chi connectivity index (χ1v) is 14.2. The maximum atomic E-state index is 11.7. The number of aryl methyl sites for hydroxylation is 2. The van der Waals surface area contributed by atoms with Crippen LogP contribution in [0.1, 0.15) is 80.3 Å². The highest BCUT2D eigenvalue weighted by Gasteiger charge is 2.19. The topological polar surface area (TPSA) is 59.9 Å². The van der Waals surface area contributed by atoms with E-state index in [-0.39, 0.29) is 11.6 Å². The molecule has 0 bridgehead atoms. The molecule has 0 radical (unpaired) electrons. The molecule has 2 aliphatic rings. The fraction of sp³-hybridized carbons (Fsp3) is 0.176. The second kappa shape index (κ2) is 12.9. The predicted octanol–water partition coefficient (Wildman–Crippen LogP) is 7.42. The summed E-state index contributed by atoms with van der Waals surface area (Å²) in [5, 5.41) is 0.667. The van der Waals surface area contributed by atoms with E-state index in [0.29, 0.717) is 23.6 Å². The van der Waals surface area contributed by atoms with Gasteiger partial charge >= 0.3 is 0 Å². The molecule has 6 rings (SSSR count). The molecule has 4 aromatic rings. The summed E-state index contributed by atoms with van der Waals surface area (Å²) >= 11 is 9.34. The molecule has 0 fully saturated rings. The molecule has 196 valence electrons. The smallest absolute Gasteiger partial charge is 0.164 e. The van der Waals surface area contributed by atoms with Crippen molar-refractivity contribution in [3.8, 4) is 23.7 Å². The number of Topliss-reactive ketones (excluding diaryl/α,β-unsaturated/α-hetero) is 2. The van der Waals surface area contributed by atoms with Gasteiger partial charge in [-0.3, -0.25) is 9.59 Å². The van der Waals surface area contributed by atoms with E-state index in [9.17, 15) is 9.59 Å². The Bertz CT molecular complexity index is 1610. The monoisotopic (exact) mass is 606 g/mol. The Kier molecular flexibility index (Phi) is 8.87. The van der Waals surface area contributed by atoms with Crippen molar-refractivity contribution in [2.75, 3.05) is 0 Å². The quantitative estimate of drug-likeness (QED) is 0.195. The van der Waals surface area contributed by atoms with E-state index in [2.05, 4.69) is 49.6 Å². The Morgan fingerprint density at radius 3 is 1.68 bits per heavy atom. The number of carbonyl (C=O) groups excluding carboxylic acids is 2. The van der Waals surface area contributed by atoms with Crippen molar-refractivity contribution >= 4 is 39.1 Å². The van der Waals surface area contributed by atoms with Gasteiger partial charge in [0.25, 0.3) is 0 Å². The summed E-state index contributed by atoms with van der Waals surface area (Å²) in [5.41, 5.74) is 6.50. The summed E-state index contributed by atoms with van der Waals surface area (Å²) in [7, 11) is 0. The third kappa shape index (κ3) is 7.13. The van der Waals surface area contributed by atoms with Crippen molar-refractivity contribution in [3.63, 3.8) is 0 Å². The van der Waals surface area contributed by atoms with Crippen molar-refractivity contribution in [2.45, 2.75) is 38.5 Å². The van der Waals surface area contributed by atoms with Crippen LogP contribution in [0.3, 0.4) is 0 Å². The molecular formula is C34H24BrClN2O2. The van der Waals surface area contributed by atoms with Crippen molar-refractivity contribution in [3.05, 3.63) is 127 Å². The minimum atomic E-state index is 0.188. The predicted molar refractivity (Wildman–Crippen MR) is 161 cm³/mol. The molecule has 0 N–H and O–H groups in total. The molecule has 0 atom stereocenters. The Morgan fingerprint density at radius 2 is 1.15 bits per heavy atom. The molecule has 0 unspecified atom stereocenters. The van der Waals surface area contributed by atoms with E-state index in [1.165, 1.54) is 0 Å². The zero-order valence-electron chi connectivity index (χ0n) is 21.6. The van der Waals surface area contributed by atoms with E-state index in [4.69, 9.17) is 11.6 Å². The molecule has 2 heterocycles. The maximum Gasteiger partial charge on any atom is 0.164 e. The highest BCUT2D eigenvalue weighted by atomic mass is 79.9. The number of carbonyl (C=O) groups is 2. The van der Waals surface area contributed by atoms with Crippen LogP contribution in [0.15, 0.2) is 77.3 Å². The number of nitrogens with zero attached hydrogens (tertiary/aromatic N) is 2. The zero-order chi connectivity index (χ0) is 27.9. The van der Waals surface area contributed by atoms with Crippen LogP contribution in [0.4, 0.5) is 0 Å². The third-order valence-corrected chi connectivity index (χ3v) is 7.23. The van der Waals surface area contributed by atoms with E-state index < -0.39 is 0 Å². The van der Waals surface area contributed by atoms with Crippen LogP contribution in [0, 0.1) is 23.7 Å². The second-order valence-electron chi connectivity index (χ2n) is 9.46. The van der Waals surface area contributed by atoms with Crippen molar-refractivity contribution in [2.24, 2.45) is 0 Å². The van der Waals surface area contributed by atoms with Gasteiger partial charge in [0.15, 0.2) is 11.6 Å². The van der Waals surface area contributed by atoms with E-state index >= 15 is 0 Å². The minimum absolute atomic E-state index is 0.188. The summed E-state index contributed by atoms with van der Waals surface area (Å²) in [6.07, 6.45) is 4.76. The average molecular weight is 608 g/mol.